The number of rotatable bonds is 3. The Kier molecular flexibility index (Phi) is 4.80. The van der Waals surface area contributed by atoms with Crippen molar-refractivity contribution in [2.24, 2.45) is 11.3 Å². The van der Waals surface area contributed by atoms with E-state index in [2.05, 4.69) is 25.8 Å². The van der Waals surface area contributed by atoms with E-state index >= 15 is 0 Å². The molecule has 1 amide bonds. The van der Waals surface area contributed by atoms with Crippen LogP contribution in [-0.4, -0.2) is 33.5 Å². The SMILES string of the molecule is C[C@H]1[C@@H](Cc2ccc(O)cc2)N(C(=O)c2cccnc2)CCC1(C)C. The second-order valence-electron chi connectivity index (χ2n) is 7.71. The quantitative estimate of drug-likeness (QED) is 0.923. The first-order valence-corrected chi connectivity index (χ1v) is 8.87. The average Bonchev–Trinajstić information content (AvgIpc) is 2.61. The fraction of sp³-hybridized carbons (Fsp3) is 0.429. The zero-order chi connectivity index (χ0) is 18.0. The lowest BCUT2D eigenvalue weighted by Gasteiger charge is -2.49. The molecule has 3 rings (SSSR count). The number of pyridine rings is 1. The highest BCUT2D eigenvalue weighted by atomic mass is 16.3. The van der Waals surface area contributed by atoms with Crippen LogP contribution in [0.5, 0.6) is 5.75 Å². The first kappa shape index (κ1) is 17.5. The minimum atomic E-state index is 0.0548. The third kappa shape index (κ3) is 3.68. The van der Waals surface area contributed by atoms with E-state index in [4.69, 9.17) is 0 Å². The van der Waals surface area contributed by atoms with Crippen molar-refractivity contribution in [1.29, 1.82) is 0 Å². The first-order chi connectivity index (χ1) is 11.9. The molecule has 0 aliphatic carbocycles. The number of likely N-dealkylation sites (tertiary alicyclic amines) is 1. The number of nitrogens with zero attached hydrogens (tertiary/aromatic N) is 2. The monoisotopic (exact) mass is 338 g/mol. The number of benzene rings is 1. The molecule has 2 atom stereocenters. The predicted molar refractivity (Wildman–Crippen MR) is 98.4 cm³/mol. The van der Waals surface area contributed by atoms with Crippen molar-refractivity contribution in [3.8, 4) is 5.75 Å². The lowest BCUT2D eigenvalue weighted by molar-refractivity contribution is 0.0123. The van der Waals surface area contributed by atoms with E-state index < -0.39 is 0 Å². The first-order valence-electron chi connectivity index (χ1n) is 8.87. The van der Waals surface area contributed by atoms with Gasteiger partial charge in [0.25, 0.3) is 5.91 Å². The Morgan fingerprint density at radius 2 is 2.00 bits per heavy atom. The third-order valence-corrected chi connectivity index (χ3v) is 5.76. The van der Waals surface area contributed by atoms with Crippen LogP contribution in [0.1, 0.15) is 43.1 Å². The molecule has 2 heterocycles. The summed E-state index contributed by atoms with van der Waals surface area (Å²) in [5.74, 6) is 0.693. The molecule has 1 fully saturated rings. The number of phenolic OH excluding ortho intramolecular Hbond substituents is 1. The molecule has 25 heavy (non-hydrogen) atoms. The largest absolute Gasteiger partial charge is 0.508 e. The van der Waals surface area contributed by atoms with Crippen LogP contribution in [0.2, 0.25) is 0 Å². The number of aromatic hydroxyl groups is 1. The lowest BCUT2D eigenvalue weighted by atomic mass is 9.69. The van der Waals surface area contributed by atoms with Crippen molar-refractivity contribution >= 4 is 5.91 Å². The van der Waals surface area contributed by atoms with Crippen LogP contribution in [-0.2, 0) is 6.42 Å². The van der Waals surface area contributed by atoms with Gasteiger partial charge in [0.2, 0.25) is 0 Å². The average molecular weight is 338 g/mol. The molecular formula is C21H26N2O2. The Morgan fingerprint density at radius 3 is 2.64 bits per heavy atom. The molecule has 1 aliphatic rings. The van der Waals surface area contributed by atoms with Crippen LogP contribution in [0.3, 0.4) is 0 Å². The Morgan fingerprint density at radius 1 is 1.28 bits per heavy atom. The highest BCUT2D eigenvalue weighted by Crippen LogP contribution is 2.40. The fourth-order valence-corrected chi connectivity index (χ4v) is 3.66. The lowest BCUT2D eigenvalue weighted by Crippen LogP contribution is -2.54. The van der Waals surface area contributed by atoms with E-state index in [1.54, 1.807) is 30.6 Å². The smallest absolute Gasteiger partial charge is 0.255 e. The van der Waals surface area contributed by atoms with E-state index in [0.717, 1.165) is 24.9 Å². The molecule has 0 saturated carbocycles. The Bertz CT molecular complexity index is 725. The van der Waals surface area contributed by atoms with Crippen LogP contribution in [0.4, 0.5) is 0 Å². The normalized spacial score (nSPS) is 22.6. The summed E-state index contributed by atoms with van der Waals surface area (Å²) in [6.07, 6.45) is 5.11. The second-order valence-corrected chi connectivity index (χ2v) is 7.71. The van der Waals surface area contributed by atoms with E-state index in [9.17, 15) is 9.90 Å². The Hall–Kier alpha value is -2.36. The van der Waals surface area contributed by atoms with E-state index in [1.807, 2.05) is 23.1 Å². The van der Waals surface area contributed by atoms with Gasteiger partial charge in [-0.05, 0) is 54.0 Å². The summed E-state index contributed by atoms with van der Waals surface area (Å²) in [6.45, 7) is 7.57. The molecule has 0 spiro atoms. The minimum Gasteiger partial charge on any atom is -0.508 e. The van der Waals surface area contributed by atoms with Gasteiger partial charge in [-0.2, -0.15) is 0 Å². The number of carbonyl (C=O) groups excluding carboxylic acids is 1. The molecule has 1 aliphatic heterocycles. The van der Waals surface area contributed by atoms with Gasteiger partial charge in [0, 0.05) is 25.0 Å². The topological polar surface area (TPSA) is 53.4 Å². The number of piperidine rings is 1. The molecule has 2 aromatic rings. The van der Waals surface area contributed by atoms with Gasteiger partial charge >= 0.3 is 0 Å². The summed E-state index contributed by atoms with van der Waals surface area (Å²) in [7, 11) is 0. The number of phenols is 1. The molecule has 132 valence electrons. The van der Waals surface area contributed by atoms with Crippen LogP contribution in [0.25, 0.3) is 0 Å². The van der Waals surface area contributed by atoms with Crippen LogP contribution < -0.4 is 0 Å². The molecule has 1 aromatic heterocycles. The fourth-order valence-electron chi connectivity index (χ4n) is 3.66. The molecule has 4 nitrogen and oxygen atoms in total. The van der Waals surface area contributed by atoms with Crippen molar-refractivity contribution in [2.45, 2.75) is 39.7 Å². The maximum absolute atomic E-state index is 13.1. The zero-order valence-electron chi connectivity index (χ0n) is 15.1. The number of hydrogen-bond acceptors (Lipinski definition) is 3. The second kappa shape index (κ2) is 6.87. The van der Waals surface area contributed by atoms with Gasteiger partial charge in [0.05, 0.1) is 5.56 Å². The van der Waals surface area contributed by atoms with Gasteiger partial charge < -0.3 is 10.0 Å². The zero-order valence-corrected chi connectivity index (χ0v) is 15.1. The van der Waals surface area contributed by atoms with Gasteiger partial charge in [0.1, 0.15) is 5.75 Å². The highest BCUT2D eigenvalue weighted by molar-refractivity contribution is 5.94. The summed E-state index contributed by atoms with van der Waals surface area (Å²) < 4.78 is 0. The number of hydrogen-bond donors (Lipinski definition) is 1. The standard InChI is InChI=1S/C21H26N2O2/c1-15-19(13-16-6-8-18(24)9-7-16)23(12-10-21(15,2)3)20(25)17-5-4-11-22-14-17/h4-9,11,14-15,19,24H,10,12-13H2,1-3H3/t15-,19+/m0/s1. The van der Waals surface area contributed by atoms with Crippen molar-refractivity contribution in [2.75, 3.05) is 6.54 Å². The van der Waals surface area contributed by atoms with Gasteiger partial charge in [-0.25, -0.2) is 0 Å². The number of carbonyl (C=O) groups is 1. The molecule has 0 unspecified atom stereocenters. The maximum atomic E-state index is 13.1. The maximum Gasteiger partial charge on any atom is 0.255 e. The third-order valence-electron chi connectivity index (χ3n) is 5.76. The van der Waals surface area contributed by atoms with Gasteiger partial charge in [-0.3, -0.25) is 9.78 Å². The van der Waals surface area contributed by atoms with Crippen molar-refractivity contribution < 1.29 is 9.90 Å². The molecule has 1 N–H and O–H groups in total. The summed E-state index contributed by atoms with van der Waals surface area (Å²) in [5, 5.41) is 9.52. The molecule has 1 aromatic carbocycles. The molecule has 0 radical (unpaired) electrons. The van der Waals surface area contributed by atoms with Crippen molar-refractivity contribution in [3.63, 3.8) is 0 Å². The summed E-state index contributed by atoms with van der Waals surface area (Å²) in [4.78, 5) is 19.2. The summed E-state index contributed by atoms with van der Waals surface area (Å²) in [5.41, 5.74) is 1.97. The Labute approximate surface area is 149 Å². The number of amides is 1. The van der Waals surface area contributed by atoms with Crippen LogP contribution >= 0.6 is 0 Å². The van der Waals surface area contributed by atoms with E-state index in [-0.39, 0.29) is 23.1 Å². The van der Waals surface area contributed by atoms with Gasteiger partial charge in [0.15, 0.2) is 0 Å². The summed E-state index contributed by atoms with van der Waals surface area (Å²) >= 11 is 0. The van der Waals surface area contributed by atoms with Crippen LogP contribution in [0.15, 0.2) is 48.8 Å². The molecule has 1 saturated heterocycles. The Balaban J connectivity index is 1.89. The van der Waals surface area contributed by atoms with Crippen molar-refractivity contribution in [1.82, 2.24) is 9.88 Å². The predicted octanol–water partition coefficient (Wildman–Crippen LogP) is 3.91. The van der Waals surface area contributed by atoms with E-state index in [1.165, 1.54) is 0 Å². The molecule has 0 bridgehead atoms. The minimum absolute atomic E-state index is 0.0548. The van der Waals surface area contributed by atoms with Gasteiger partial charge in [-0.15, -0.1) is 0 Å². The number of aromatic nitrogens is 1. The summed E-state index contributed by atoms with van der Waals surface area (Å²) in [6, 6.07) is 11.1. The van der Waals surface area contributed by atoms with E-state index in [0.29, 0.717) is 11.5 Å². The molecular weight excluding hydrogens is 312 g/mol. The molecule has 4 heteroatoms. The van der Waals surface area contributed by atoms with Crippen molar-refractivity contribution in [3.05, 3.63) is 59.9 Å². The van der Waals surface area contributed by atoms with Gasteiger partial charge in [-0.1, -0.05) is 32.9 Å². The van der Waals surface area contributed by atoms with Crippen LogP contribution in [0, 0.1) is 11.3 Å². The highest BCUT2D eigenvalue weighted by Gasteiger charge is 2.42.